The quantitative estimate of drug-likeness (QED) is 0.877. The molecule has 2 atom stereocenters. The first kappa shape index (κ1) is 15.5. The third-order valence-electron chi connectivity index (χ3n) is 5.42. The van der Waals surface area contributed by atoms with Crippen LogP contribution in [0.4, 0.5) is 0 Å². The summed E-state index contributed by atoms with van der Waals surface area (Å²) in [7, 11) is 0. The van der Waals surface area contributed by atoms with Crippen molar-refractivity contribution in [2.75, 3.05) is 13.1 Å². The first-order valence-electron chi connectivity index (χ1n) is 8.77. The summed E-state index contributed by atoms with van der Waals surface area (Å²) in [6, 6.07) is 11.0. The summed E-state index contributed by atoms with van der Waals surface area (Å²) in [6.45, 7) is 4.44. The second-order valence-corrected chi connectivity index (χ2v) is 7.13. The predicted molar refractivity (Wildman–Crippen MR) is 89.7 cm³/mol. The first-order valence-corrected chi connectivity index (χ1v) is 8.77. The molecule has 0 spiro atoms. The SMILES string of the molecule is CC(CC(=O)NC1CC(c2ccccc2)C1)C1CCCNC1. The summed E-state index contributed by atoms with van der Waals surface area (Å²) in [4.78, 5) is 12.2. The van der Waals surface area contributed by atoms with Gasteiger partial charge in [0.1, 0.15) is 0 Å². The zero-order valence-electron chi connectivity index (χ0n) is 13.6. The molecule has 22 heavy (non-hydrogen) atoms. The Kier molecular flexibility index (Phi) is 5.14. The van der Waals surface area contributed by atoms with Crippen LogP contribution in [0.3, 0.4) is 0 Å². The standard InChI is InChI=1S/C19H28N2O/c1-14(16-8-5-9-20-13-16)10-19(22)21-18-11-17(12-18)15-6-3-2-4-7-15/h2-4,6-7,14,16-18,20H,5,8-13H2,1H3,(H,21,22). The van der Waals surface area contributed by atoms with E-state index in [9.17, 15) is 4.79 Å². The van der Waals surface area contributed by atoms with E-state index >= 15 is 0 Å². The molecule has 0 aromatic heterocycles. The molecule has 1 saturated heterocycles. The van der Waals surface area contributed by atoms with Crippen LogP contribution in [0.1, 0.15) is 50.5 Å². The average Bonchev–Trinajstić information content (AvgIpc) is 2.52. The second-order valence-electron chi connectivity index (χ2n) is 7.13. The summed E-state index contributed by atoms with van der Waals surface area (Å²) < 4.78 is 0. The van der Waals surface area contributed by atoms with Gasteiger partial charge in [0.15, 0.2) is 0 Å². The van der Waals surface area contributed by atoms with E-state index in [1.807, 2.05) is 0 Å². The van der Waals surface area contributed by atoms with Crippen molar-refractivity contribution in [3.05, 3.63) is 35.9 Å². The average molecular weight is 300 g/mol. The number of rotatable bonds is 5. The van der Waals surface area contributed by atoms with E-state index in [4.69, 9.17) is 0 Å². The molecule has 1 aromatic carbocycles. The van der Waals surface area contributed by atoms with Crippen molar-refractivity contribution in [3.8, 4) is 0 Å². The van der Waals surface area contributed by atoms with Gasteiger partial charge < -0.3 is 10.6 Å². The summed E-state index contributed by atoms with van der Waals surface area (Å²) in [5, 5.41) is 6.67. The molecular weight excluding hydrogens is 272 g/mol. The zero-order chi connectivity index (χ0) is 15.4. The van der Waals surface area contributed by atoms with Gasteiger partial charge in [-0.2, -0.15) is 0 Å². The Morgan fingerprint density at radius 1 is 1.32 bits per heavy atom. The van der Waals surface area contributed by atoms with Crippen LogP contribution >= 0.6 is 0 Å². The number of piperidine rings is 1. The number of hydrogen-bond donors (Lipinski definition) is 2. The number of carbonyl (C=O) groups excluding carboxylic acids is 1. The molecule has 3 nitrogen and oxygen atoms in total. The van der Waals surface area contributed by atoms with Crippen molar-refractivity contribution < 1.29 is 4.79 Å². The van der Waals surface area contributed by atoms with Crippen LogP contribution in [-0.2, 0) is 4.79 Å². The lowest BCUT2D eigenvalue weighted by Crippen LogP contribution is -2.44. The van der Waals surface area contributed by atoms with Crippen molar-refractivity contribution in [3.63, 3.8) is 0 Å². The molecule has 1 saturated carbocycles. The van der Waals surface area contributed by atoms with Crippen LogP contribution in [0, 0.1) is 11.8 Å². The number of hydrogen-bond acceptors (Lipinski definition) is 2. The maximum atomic E-state index is 12.2. The Hall–Kier alpha value is -1.35. The summed E-state index contributed by atoms with van der Waals surface area (Å²) >= 11 is 0. The molecule has 2 aliphatic rings. The lowest BCUT2D eigenvalue weighted by atomic mass is 9.75. The van der Waals surface area contributed by atoms with Gasteiger partial charge in [-0.3, -0.25) is 4.79 Å². The Morgan fingerprint density at radius 3 is 2.77 bits per heavy atom. The van der Waals surface area contributed by atoms with Crippen LogP contribution in [0.15, 0.2) is 30.3 Å². The fourth-order valence-electron chi connectivity index (χ4n) is 3.84. The van der Waals surface area contributed by atoms with E-state index in [-0.39, 0.29) is 5.91 Å². The minimum absolute atomic E-state index is 0.245. The third-order valence-corrected chi connectivity index (χ3v) is 5.42. The van der Waals surface area contributed by atoms with Gasteiger partial charge in [0.05, 0.1) is 0 Å². The van der Waals surface area contributed by atoms with Gasteiger partial charge >= 0.3 is 0 Å². The molecule has 2 N–H and O–H groups in total. The molecule has 1 amide bonds. The van der Waals surface area contributed by atoms with Crippen molar-refractivity contribution in [2.24, 2.45) is 11.8 Å². The minimum atomic E-state index is 0.245. The van der Waals surface area contributed by atoms with Crippen molar-refractivity contribution >= 4 is 5.91 Å². The fourth-order valence-corrected chi connectivity index (χ4v) is 3.84. The zero-order valence-corrected chi connectivity index (χ0v) is 13.6. The van der Waals surface area contributed by atoms with E-state index in [1.165, 1.54) is 18.4 Å². The van der Waals surface area contributed by atoms with E-state index in [0.29, 0.717) is 30.2 Å². The molecule has 1 aliphatic heterocycles. The van der Waals surface area contributed by atoms with Gasteiger partial charge in [0, 0.05) is 12.5 Å². The molecule has 120 valence electrons. The van der Waals surface area contributed by atoms with Crippen LogP contribution in [0.2, 0.25) is 0 Å². The third kappa shape index (κ3) is 3.89. The van der Waals surface area contributed by atoms with Gasteiger partial charge in [-0.25, -0.2) is 0 Å². The number of benzene rings is 1. The normalized spacial score (nSPS) is 29.4. The second kappa shape index (κ2) is 7.28. The number of amides is 1. The Bertz CT molecular complexity index is 475. The van der Waals surface area contributed by atoms with Crippen molar-refractivity contribution in [1.29, 1.82) is 0 Å². The van der Waals surface area contributed by atoms with Crippen LogP contribution < -0.4 is 10.6 Å². The molecule has 2 fully saturated rings. The molecule has 0 radical (unpaired) electrons. The van der Waals surface area contributed by atoms with Crippen molar-refractivity contribution in [1.82, 2.24) is 10.6 Å². The molecule has 3 heteroatoms. The highest BCUT2D eigenvalue weighted by Crippen LogP contribution is 2.36. The number of carbonyl (C=O) groups is 1. The summed E-state index contributed by atoms with van der Waals surface area (Å²) in [6.07, 6.45) is 5.38. The Balaban J connectivity index is 1.38. The lowest BCUT2D eigenvalue weighted by Gasteiger charge is -2.36. The molecule has 3 rings (SSSR count). The molecule has 2 unspecified atom stereocenters. The van der Waals surface area contributed by atoms with Gasteiger partial charge in [0.25, 0.3) is 0 Å². The summed E-state index contributed by atoms with van der Waals surface area (Å²) in [5.41, 5.74) is 1.41. The minimum Gasteiger partial charge on any atom is -0.353 e. The Morgan fingerprint density at radius 2 is 2.09 bits per heavy atom. The van der Waals surface area contributed by atoms with Crippen molar-refractivity contribution in [2.45, 2.75) is 51.0 Å². The van der Waals surface area contributed by atoms with E-state index in [2.05, 4.69) is 47.9 Å². The molecule has 0 bridgehead atoms. The topological polar surface area (TPSA) is 41.1 Å². The van der Waals surface area contributed by atoms with Crippen LogP contribution in [0.25, 0.3) is 0 Å². The summed E-state index contributed by atoms with van der Waals surface area (Å²) in [5.74, 6) is 2.02. The maximum absolute atomic E-state index is 12.2. The van der Waals surface area contributed by atoms with E-state index in [1.54, 1.807) is 0 Å². The maximum Gasteiger partial charge on any atom is 0.220 e. The fraction of sp³-hybridized carbons (Fsp3) is 0.632. The first-order chi connectivity index (χ1) is 10.7. The van der Waals surface area contributed by atoms with Gasteiger partial charge in [-0.05, 0) is 62.1 Å². The largest absolute Gasteiger partial charge is 0.353 e. The van der Waals surface area contributed by atoms with Crippen LogP contribution in [0.5, 0.6) is 0 Å². The highest BCUT2D eigenvalue weighted by molar-refractivity contribution is 5.76. The molecule has 1 aliphatic carbocycles. The highest BCUT2D eigenvalue weighted by atomic mass is 16.1. The van der Waals surface area contributed by atoms with Gasteiger partial charge in [-0.1, -0.05) is 37.3 Å². The van der Waals surface area contributed by atoms with Gasteiger partial charge in [-0.15, -0.1) is 0 Å². The smallest absolute Gasteiger partial charge is 0.220 e. The highest BCUT2D eigenvalue weighted by Gasteiger charge is 2.31. The van der Waals surface area contributed by atoms with E-state index in [0.717, 1.165) is 25.9 Å². The van der Waals surface area contributed by atoms with Crippen LogP contribution in [-0.4, -0.2) is 25.0 Å². The molecule has 1 heterocycles. The monoisotopic (exact) mass is 300 g/mol. The lowest BCUT2D eigenvalue weighted by molar-refractivity contribution is -0.123. The van der Waals surface area contributed by atoms with E-state index < -0.39 is 0 Å². The van der Waals surface area contributed by atoms with Gasteiger partial charge in [0.2, 0.25) is 5.91 Å². The number of nitrogens with one attached hydrogen (secondary N) is 2. The Labute approximate surface area is 133 Å². The molecular formula is C19H28N2O. The molecule has 1 aromatic rings. The predicted octanol–water partition coefficient (Wildman–Crippen LogP) is 3.07.